The molecule has 4 rings (SSSR count). The van der Waals surface area contributed by atoms with Gasteiger partial charge >= 0.3 is 11.9 Å². The molecular formula is C19H28O10. The second-order valence-corrected chi connectivity index (χ2v) is 8.59. The second-order valence-electron chi connectivity index (χ2n) is 8.59. The molecule has 3 heterocycles. The van der Waals surface area contributed by atoms with Crippen LogP contribution in [0.15, 0.2) is 0 Å². The van der Waals surface area contributed by atoms with Crippen LogP contribution in [0.3, 0.4) is 0 Å². The van der Waals surface area contributed by atoms with Gasteiger partial charge in [-0.3, -0.25) is 4.79 Å². The van der Waals surface area contributed by atoms with Crippen molar-refractivity contribution >= 4 is 11.9 Å². The summed E-state index contributed by atoms with van der Waals surface area (Å²) in [6.45, 7) is 3.74. The zero-order valence-corrected chi connectivity index (χ0v) is 17.2. The fourth-order valence-corrected chi connectivity index (χ4v) is 5.85. The average molecular weight is 416 g/mol. The van der Waals surface area contributed by atoms with Gasteiger partial charge in [0.05, 0.1) is 25.7 Å². The number of fused-ring (bicyclic) bond motifs is 3. The highest BCUT2D eigenvalue weighted by atomic mass is 16.8. The zero-order valence-electron chi connectivity index (χ0n) is 17.2. The lowest BCUT2D eigenvalue weighted by Crippen LogP contribution is -2.69. The van der Waals surface area contributed by atoms with Gasteiger partial charge in [-0.2, -0.15) is 0 Å². The first kappa shape index (κ1) is 21.0. The number of rotatable bonds is 7. The molecular weight excluding hydrogens is 388 g/mol. The Kier molecular flexibility index (Phi) is 4.96. The van der Waals surface area contributed by atoms with Crippen LogP contribution in [0.2, 0.25) is 0 Å². The van der Waals surface area contributed by atoms with Gasteiger partial charge in [0, 0.05) is 20.1 Å². The third-order valence-corrected chi connectivity index (χ3v) is 7.28. The molecule has 1 saturated carbocycles. The average Bonchev–Trinajstić information content (AvgIpc) is 3.24. The minimum Gasteiger partial charge on any atom is -0.467 e. The van der Waals surface area contributed by atoms with Crippen LogP contribution in [0.5, 0.6) is 0 Å². The SMILES string of the molecule is COCO[C@H]1[C@H]2OC(=O)[C@H](COC)[C@@]3(C)C[C@@H]4O[C@]4(C)[C@]([C@H](O)C(=O)OC)(O2)[C@@H]13. The first-order valence-electron chi connectivity index (χ1n) is 9.62. The van der Waals surface area contributed by atoms with Crippen molar-refractivity contribution in [3.05, 3.63) is 0 Å². The van der Waals surface area contributed by atoms with E-state index < -0.39 is 58.9 Å². The molecule has 4 aliphatic rings. The van der Waals surface area contributed by atoms with Crippen LogP contribution in [0.4, 0.5) is 0 Å². The molecule has 0 aromatic carbocycles. The summed E-state index contributed by atoms with van der Waals surface area (Å²) < 4.78 is 38.9. The lowest BCUT2D eigenvalue weighted by Gasteiger charge is -2.53. The molecule has 1 aliphatic carbocycles. The molecule has 2 bridgehead atoms. The van der Waals surface area contributed by atoms with Crippen LogP contribution in [-0.4, -0.2) is 87.6 Å². The van der Waals surface area contributed by atoms with Gasteiger partial charge in [0.25, 0.3) is 0 Å². The minimum absolute atomic E-state index is 0.0744. The predicted octanol–water partition coefficient (Wildman–Crippen LogP) is -0.392. The second kappa shape index (κ2) is 6.86. The highest BCUT2D eigenvalue weighted by Gasteiger charge is 2.86. The van der Waals surface area contributed by atoms with E-state index >= 15 is 0 Å². The van der Waals surface area contributed by atoms with Crippen molar-refractivity contribution in [2.75, 3.05) is 34.7 Å². The van der Waals surface area contributed by atoms with E-state index in [1.165, 1.54) is 21.3 Å². The molecule has 3 saturated heterocycles. The van der Waals surface area contributed by atoms with Crippen molar-refractivity contribution in [2.24, 2.45) is 17.3 Å². The normalized spacial score (nSPS) is 48.3. The number of methoxy groups -OCH3 is 3. The summed E-state index contributed by atoms with van der Waals surface area (Å²) in [5.41, 5.74) is -3.28. The van der Waals surface area contributed by atoms with Crippen molar-refractivity contribution in [1.29, 1.82) is 0 Å². The summed E-state index contributed by atoms with van der Waals surface area (Å²) in [5.74, 6) is -2.60. The van der Waals surface area contributed by atoms with Crippen LogP contribution < -0.4 is 0 Å². The highest BCUT2D eigenvalue weighted by Crippen LogP contribution is 2.70. The molecule has 0 spiro atoms. The Morgan fingerprint density at radius 3 is 2.59 bits per heavy atom. The third-order valence-electron chi connectivity index (χ3n) is 7.28. The van der Waals surface area contributed by atoms with E-state index in [9.17, 15) is 14.7 Å². The number of carbonyl (C=O) groups is 2. The van der Waals surface area contributed by atoms with E-state index in [-0.39, 0.29) is 19.5 Å². The molecule has 10 nitrogen and oxygen atoms in total. The van der Waals surface area contributed by atoms with E-state index in [4.69, 9.17) is 33.2 Å². The third kappa shape index (κ3) is 2.56. The first-order chi connectivity index (χ1) is 13.7. The molecule has 0 radical (unpaired) electrons. The van der Waals surface area contributed by atoms with Gasteiger partial charge in [0.2, 0.25) is 6.29 Å². The number of carbonyl (C=O) groups excluding carboxylic acids is 2. The molecule has 9 atom stereocenters. The Balaban J connectivity index is 1.89. The van der Waals surface area contributed by atoms with E-state index in [2.05, 4.69) is 0 Å². The molecule has 1 N–H and O–H groups in total. The Hall–Kier alpha value is -1.30. The fourth-order valence-electron chi connectivity index (χ4n) is 5.85. The molecule has 0 unspecified atom stereocenters. The first-order valence-corrected chi connectivity index (χ1v) is 9.62. The lowest BCUT2D eigenvalue weighted by molar-refractivity contribution is -0.257. The minimum atomic E-state index is -1.66. The largest absolute Gasteiger partial charge is 0.467 e. The summed E-state index contributed by atoms with van der Waals surface area (Å²) in [6, 6.07) is 0. The zero-order chi connectivity index (χ0) is 21.2. The fraction of sp³-hybridized carbons (Fsp3) is 0.895. The van der Waals surface area contributed by atoms with Crippen molar-refractivity contribution < 1.29 is 47.9 Å². The molecule has 4 fully saturated rings. The van der Waals surface area contributed by atoms with Gasteiger partial charge in [-0.05, 0) is 18.8 Å². The highest BCUT2D eigenvalue weighted by molar-refractivity contribution is 5.78. The maximum absolute atomic E-state index is 12.9. The van der Waals surface area contributed by atoms with E-state index in [0.717, 1.165) is 0 Å². The number of ether oxygens (including phenoxy) is 7. The molecule has 0 aromatic rings. The molecule has 0 amide bonds. The molecule has 10 heteroatoms. The number of epoxide rings is 1. The maximum atomic E-state index is 12.9. The number of aliphatic hydroxyl groups excluding tert-OH is 1. The number of esters is 2. The van der Waals surface area contributed by atoms with Gasteiger partial charge in [-0.15, -0.1) is 0 Å². The van der Waals surface area contributed by atoms with Gasteiger partial charge in [-0.1, -0.05) is 6.92 Å². The lowest BCUT2D eigenvalue weighted by atomic mass is 9.51. The van der Waals surface area contributed by atoms with Gasteiger partial charge in [-0.25, -0.2) is 4.79 Å². The summed E-state index contributed by atoms with van der Waals surface area (Å²) in [5, 5.41) is 11.1. The van der Waals surface area contributed by atoms with Crippen LogP contribution in [0.1, 0.15) is 20.3 Å². The van der Waals surface area contributed by atoms with E-state index in [1.807, 2.05) is 6.92 Å². The number of hydrogen-bond donors (Lipinski definition) is 1. The standard InChI is InChI=1S/C19H28O10/c1-17-6-10-18(2,28-10)19(13(20)15(22)25-5)12(17)11(26-8-24-4)16(29-19)27-14(21)9(17)7-23-3/h9-13,16,20H,6-8H2,1-5H3/t9-,10-,11+,12-,13+,16-,17+,18-,19-/m0/s1. The Morgan fingerprint density at radius 1 is 1.24 bits per heavy atom. The predicted molar refractivity (Wildman–Crippen MR) is 93.3 cm³/mol. The van der Waals surface area contributed by atoms with Crippen molar-refractivity contribution in [3.8, 4) is 0 Å². The number of aliphatic hydroxyl groups is 1. The van der Waals surface area contributed by atoms with Crippen LogP contribution in [-0.2, 0) is 42.7 Å². The quantitative estimate of drug-likeness (QED) is 0.333. The monoisotopic (exact) mass is 416 g/mol. The van der Waals surface area contributed by atoms with Gasteiger partial charge < -0.3 is 38.3 Å². The van der Waals surface area contributed by atoms with Crippen LogP contribution in [0.25, 0.3) is 0 Å². The smallest absolute Gasteiger partial charge is 0.337 e. The Morgan fingerprint density at radius 2 is 1.97 bits per heavy atom. The van der Waals surface area contributed by atoms with Crippen molar-refractivity contribution in [3.63, 3.8) is 0 Å². The molecule has 0 aromatic heterocycles. The van der Waals surface area contributed by atoms with Crippen LogP contribution >= 0.6 is 0 Å². The summed E-state index contributed by atoms with van der Waals surface area (Å²) in [6.07, 6.45) is -3.38. The molecule has 3 aliphatic heterocycles. The molecule has 29 heavy (non-hydrogen) atoms. The molecule has 164 valence electrons. The van der Waals surface area contributed by atoms with Crippen molar-refractivity contribution in [1.82, 2.24) is 0 Å². The van der Waals surface area contributed by atoms with Crippen LogP contribution in [0, 0.1) is 17.3 Å². The maximum Gasteiger partial charge on any atom is 0.337 e. The van der Waals surface area contributed by atoms with Crippen molar-refractivity contribution in [2.45, 2.75) is 56.1 Å². The van der Waals surface area contributed by atoms with E-state index in [0.29, 0.717) is 6.42 Å². The Labute approximate surface area is 168 Å². The number of hydrogen-bond acceptors (Lipinski definition) is 10. The Bertz CT molecular complexity index is 698. The summed E-state index contributed by atoms with van der Waals surface area (Å²) in [4.78, 5) is 25.4. The topological polar surface area (TPSA) is 122 Å². The summed E-state index contributed by atoms with van der Waals surface area (Å²) >= 11 is 0. The van der Waals surface area contributed by atoms with E-state index in [1.54, 1.807) is 6.92 Å². The van der Waals surface area contributed by atoms with Gasteiger partial charge in [0.15, 0.2) is 6.10 Å². The van der Waals surface area contributed by atoms with Gasteiger partial charge in [0.1, 0.15) is 24.1 Å². The summed E-state index contributed by atoms with van der Waals surface area (Å²) in [7, 11) is 4.17.